The molecule has 1 heterocycles. The number of methoxy groups -OCH3 is 1. The molecule has 6 nitrogen and oxygen atoms in total. The van der Waals surface area contributed by atoms with Crippen LogP contribution in [0.25, 0.3) is 0 Å². The molecule has 5 rings (SSSR count). The highest BCUT2D eigenvalue weighted by Gasteiger charge is 2.49. The van der Waals surface area contributed by atoms with Crippen molar-refractivity contribution in [2.75, 3.05) is 20.2 Å². The van der Waals surface area contributed by atoms with Crippen LogP contribution in [0.2, 0.25) is 0 Å². The largest absolute Gasteiger partial charge is 0.496 e. The number of rotatable bonds is 7. The number of amides is 2. The molecule has 1 saturated heterocycles. The normalized spacial score (nSPS) is 20.2. The molecule has 1 N–H and O–H groups in total. The van der Waals surface area contributed by atoms with Crippen LogP contribution >= 0.6 is 0 Å². The number of halogens is 3. The van der Waals surface area contributed by atoms with Crippen LogP contribution in [0, 0.1) is 12.3 Å². The Morgan fingerprint density at radius 2 is 1.65 bits per heavy atom. The highest BCUT2D eigenvalue weighted by atomic mass is 19.4. The maximum absolute atomic E-state index is 13.1. The molecule has 1 saturated carbocycles. The van der Waals surface area contributed by atoms with Crippen LogP contribution in [0.5, 0.6) is 17.2 Å². The number of ether oxygens (including phenoxy) is 2. The summed E-state index contributed by atoms with van der Waals surface area (Å²) in [4.78, 5) is 27.6. The molecule has 3 aromatic carbocycles. The van der Waals surface area contributed by atoms with Crippen molar-refractivity contribution in [3.8, 4) is 17.2 Å². The molecule has 9 heteroatoms. The number of hydrogen-bond acceptors (Lipinski definition) is 4. The molecular weight excluding hydrogens is 521 g/mol. The summed E-state index contributed by atoms with van der Waals surface area (Å²) in [5, 5.41) is 3.14. The Labute approximate surface area is 231 Å². The van der Waals surface area contributed by atoms with Gasteiger partial charge in [-0.2, -0.15) is 13.2 Å². The second kappa shape index (κ2) is 10.9. The quantitative estimate of drug-likeness (QED) is 0.381. The molecule has 0 radical (unpaired) electrons. The van der Waals surface area contributed by atoms with Gasteiger partial charge in [0.05, 0.1) is 19.1 Å². The first-order valence-electron chi connectivity index (χ1n) is 13.2. The lowest BCUT2D eigenvalue weighted by Gasteiger charge is -2.45. The number of nitrogens with one attached hydrogen (secondary N) is 1. The van der Waals surface area contributed by atoms with Crippen molar-refractivity contribution in [3.05, 3.63) is 89.0 Å². The van der Waals surface area contributed by atoms with Crippen molar-refractivity contribution in [3.63, 3.8) is 0 Å². The predicted octanol–water partition coefficient (Wildman–Crippen LogP) is 6.17. The fourth-order valence-corrected chi connectivity index (χ4v) is 5.75. The van der Waals surface area contributed by atoms with Gasteiger partial charge in [0.1, 0.15) is 17.2 Å². The standard InChI is InChI=1S/C31H31F3N2O4/c1-20-22(4-3-5-27(20)39-2)16-28(37)35-24-17-30(18-24)14-15-36(19-30)29(38)21-6-10-25(11-7-21)40-26-12-8-23(9-13-26)31(32,33)34/h3-13,24H,14-19H2,1-2H3,(H,35,37). The summed E-state index contributed by atoms with van der Waals surface area (Å²) < 4.78 is 49.2. The van der Waals surface area contributed by atoms with E-state index in [1.807, 2.05) is 30.0 Å². The van der Waals surface area contributed by atoms with Crippen molar-refractivity contribution in [2.24, 2.45) is 5.41 Å². The molecule has 0 atom stereocenters. The van der Waals surface area contributed by atoms with E-state index in [0.717, 1.165) is 48.3 Å². The van der Waals surface area contributed by atoms with Crippen molar-refractivity contribution >= 4 is 11.8 Å². The SMILES string of the molecule is COc1cccc(CC(=O)NC2CC3(CCN(C(=O)c4ccc(Oc5ccc(C(F)(F)F)cc5)cc4)C3)C2)c1C. The number of carbonyl (C=O) groups is 2. The molecule has 0 unspecified atom stereocenters. The smallest absolute Gasteiger partial charge is 0.416 e. The predicted molar refractivity (Wildman–Crippen MR) is 144 cm³/mol. The van der Waals surface area contributed by atoms with E-state index in [1.165, 1.54) is 12.1 Å². The van der Waals surface area contributed by atoms with Gasteiger partial charge in [-0.1, -0.05) is 12.1 Å². The lowest BCUT2D eigenvalue weighted by molar-refractivity contribution is -0.137. The molecule has 1 aliphatic heterocycles. The van der Waals surface area contributed by atoms with Gasteiger partial charge < -0.3 is 19.7 Å². The van der Waals surface area contributed by atoms with E-state index in [1.54, 1.807) is 31.4 Å². The minimum Gasteiger partial charge on any atom is -0.496 e. The van der Waals surface area contributed by atoms with E-state index in [4.69, 9.17) is 9.47 Å². The van der Waals surface area contributed by atoms with E-state index < -0.39 is 11.7 Å². The topological polar surface area (TPSA) is 67.9 Å². The Morgan fingerprint density at radius 3 is 2.27 bits per heavy atom. The molecule has 0 bridgehead atoms. The molecule has 1 spiro atoms. The highest BCUT2D eigenvalue weighted by Crippen LogP contribution is 2.48. The van der Waals surface area contributed by atoms with Crippen LogP contribution in [0.4, 0.5) is 13.2 Å². The van der Waals surface area contributed by atoms with Crippen LogP contribution in [-0.4, -0.2) is 43.0 Å². The van der Waals surface area contributed by atoms with Gasteiger partial charge in [-0.05, 0) is 97.3 Å². The summed E-state index contributed by atoms with van der Waals surface area (Å²) in [6, 6.07) is 16.9. The van der Waals surface area contributed by atoms with Crippen molar-refractivity contribution in [1.29, 1.82) is 0 Å². The zero-order chi connectivity index (χ0) is 28.5. The Kier molecular flexibility index (Phi) is 7.49. The number of alkyl halides is 3. The van der Waals surface area contributed by atoms with Gasteiger partial charge in [0.15, 0.2) is 0 Å². The van der Waals surface area contributed by atoms with E-state index in [2.05, 4.69) is 5.32 Å². The fraction of sp³-hybridized carbons (Fsp3) is 0.355. The van der Waals surface area contributed by atoms with Crippen LogP contribution in [-0.2, 0) is 17.4 Å². The summed E-state index contributed by atoms with van der Waals surface area (Å²) in [5.74, 6) is 1.39. The molecule has 0 aromatic heterocycles. The Bertz CT molecular complexity index is 1380. The number of likely N-dealkylation sites (tertiary alicyclic amines) is 1. The number of hydrogen-bond donors (Lipinski definition) is 1. The number of benzene rings is 3. The molecule has 2 amide bonds. The zero-order valence-electron chi connectivity index (χ0n) is 22.4. The third-order valence-electron chi connectivity index (χ3n) is 7.94. The van der Waals surface area contributed by atoms with E-state index >= 15 is 0 Å². The van der Waals surface area contributed by atoms with Gasteiger partial charge in [0.2, 0.25) is 5.91 Å². The number of carbonyl (C=O) groups excluding carboxylic acids is 2. The first-order valence-corrected chi connectivity index (χ1v) is 13.2. The number of nitrogens with zero attached hydrogens (tertiary/aromatic N) is 1. The minimum atomic E-state index is -4.40. The second-order valence-electron chi connectivity index (χ2n) is 10.7. The molecule has 210 valence electrons. The van der Waals surface area contributed by atoms with Crippen LogP contribution in [0.3, 0.4) is 0 Å². The van der Waals surface area contributed by atoms with Gasteiger partial charge in [-0.25, -0.2) is 0 Å². The van der Waals surface area contributed by atoms with Gasteiger partial charge in [-0.3, -0.25) is 9.59 Å². The average molecular weight is 553 g/mol. The summed E-state index contributed by atoms with van der Waals surface area (Å²) >= 11 is 0. The molecular formula is C31H31F3N2O4. The van der Waals surface area contributed by atoms with Crippen LogP contribution in [0.15, 0.2) is 66.7 Å². The lowest BCUT2D eigenvalue weighted by atomic mass is 9.65. The Morgan fingerprint density at radius 1 is 1.00 bits per heavy atom. The monoisotopic (exact) mass is 552 g/mol. The molecule has 40 heavy (non-hydrogen) atoms. The summed E-state index contributed by atoms with van der Waals surface area (Å²) in [6.07, 6.45) is -1.51. The summed E-state index contributed by atoms with van der Waals surface area (Å²) in [6.45, 7) is 3.26. The maximum Gasteiger partial charge on any atom is 0.416 e. The maximum atomic E-state index is 13.1. The first-order chi connectivity index (χ1) is 19.0. The van der Waals surface area contributed by atoms with Gasteiger partial charge in [-0.15, -0.1) is 0 Å². The van der Waals surface area contributed by atoms with Crippen LogP contribution in [0.1, 0.15) is 46.3 Å². The highest BCUT2D eigenvalue weighted by molar-refractivity contribution is 5.94. The van der Waals surface area contributed by atoms with E-state index in [0.29, 0.717) is 30.8 Å². The van der Waals surface area contributed by atoms with E-state index in [9.17, 15) is 22.8 Å². The zero-order valence-corrected chi connectivity index (χ0v) is 22.4. The van der Waals surface area contributed by atoms with Crippen LogP contribution < -0.4 is 14.8 Å². The van der Waals surface area contributed by atoms with Gasteiger partial charge in [0.25, 0.3) is 5.91 Å². The second-order valence-corrected chi connectivity index (χ2v) is 10.7. The Hall–Kier alpha value is -4.01. The summed E-state index contributed by atoms with van der Waals surface area (Å²) in [5.41, 5.74) is 1.72. The van der Waals surface area contributed by atoms with Gasteiger partial charge in [0, 0.05) is 24.7 Å². The lowest BCUT2D eigenvalue weighted by Crippen LogP contribution is -2.52. The third-order valence-corrected chi connectivity index (χ3v) is 7.94. The molecule has 2 fully saturated rings. The molecule has 2 aliphatic rings. The molecule has 1 aliphatic carbocycles. The van der Waals surface area contributed by atoms with Crippen molar-refractivity contribution < 1.29 is 32.2 Å². The average Bonchev–Trinajstić information content (AvgIpc) is 3.35. The Balaban J connectivity index is 1.10. The summed E-state index contributed by atoms with van der Waals surface area (Å²) in [7, 11) is 1.62. The third kappa shape index (κ3) is 5.93. The van der Waals surface area contributed by atoms with E-state index in [-0.39, 0.29) is 29.0 Å². The molecule has 3 aromatic rings. The van der Waals surface area contributed by atoms with Crippen molar-refractivity contribution in [2.45, 2.75) is 44.8 Å². The van der Waals surface area contributed by atoms with Crippen molar-refractivity contribution in [1.82, 2.24) is 10.2 Å². The fourth-order valence-electron chi connectivity index (χ4n) is 5.75. The van der Waals surface area contributed by atoms with Gasteiger partial charge >= 0.3 is 6.18 Å². The first kappa shape index (κ1) is 27.6. The minimum absolute atomic E-state index is 0.0132.